The van der Waals surface area contributed by atoms with Gasteiger partial charge in [0.25, 0.3) is 0 Å². The second kappa shape index (κ2) is 7.26. The minimum atomic E-state index is -0.519. The monoisotopic (exact) mass is 362 g/mol. The lowest BCUT2D eigenvalue weighted by Crippen LogP contribution is -2.29. The van der Waals surface area contributed by atoms with Crippen LogP contribution in [0.15, 0.2) is 40.7 Å². The number of hydrogen-bond acceptors (Lipinski definition) is 6. The van der Waals surface area contributed by atoms with Crippen molar-refractivity contribution in [3.63, 3.8) is 0 Å². The molecule has 1 atom stereocenters. The Bertz CT molecular complexity index is 817. The van der Waals surface area contributed by atoms with E-state index in [1.54, 1.807) is 30.7 Å². The highest BCUT2D eigenvalue weighted by molar-refractivity contribution is 7.99. The number of aromatic nitrogens is 3. The molecular formula is C17H19FN4O2S. The zero-order valence-corrected chi connectivity index (χ0v) is 15.1. The van der Waals surface area contributed by atoms with Crippen LogP contribution in [0, 0.1) is 5.82 Å². The predicted molar refractivity (Wildman–Crippen MR) is 93.9 cm³/mol. The molecule has 1 aromatic carbocycles. The summed E-state index contributed by atoms with van der Waals surface area (Å²) in [7, 11) is 0. The van der Waals surface area contributed by atoms with Crippen molar-refractivity contribution in [2.45, 2.75) is 32.0 Å². The summed E-state index contributed by atoms with van der Waals surface area (Å²) in [6, 6.07) is 5.52. The number of nitrogens with one attached hydrogen (secondary N) is 1. The predicted octanol–water partition coefficient (Wildman–Crippen LogP) is 3.38. The highest BCUT2D eigenvalue weighted by Crippen LogP contribution is 2.36. The quantitative estimate of drug-likeness (QED) is 0.650. The molecule has 0 radical (unpaired) electrons. The lowest BCUT2D eigenvalue weighted by molar-refractivity contribution is -0.139. The standard InChI is InChI=1S/C17H19FN4O2S/c1-4-24-15(23)13-10(3)19-16-20-17(25-5-2)21-22(16)14(13)11-6-8-12(18)9-7-11/h6-9,14H,4-5H2,1-3H3,(H,19,20,21)/t14-/m1/s1. The summed E-state index contributed by atoms with van der Waals surface area (Å²) in [5.74, 6) is 0.627. The van der Waals surface area contributed by atoms with Crippen LogP contribution in [0.1, 0.15) is 32.4 Å². The van der Waals surface area contributed by atoms with Crippen LogP contribution < -0.4 is 5.32 Å². The third kappa shape index (κ3) is 3.39. The Kier molecular flexibility index (Phi) is 5.08. The summed E-state index contributed by atoms with van der Waals surface area (Å²) >= 11 is 1.51. The van der Waals surface area contributed by atoms with E-state index in [0.717, 1.165) is 11.3 Å². The van der Waals surface area contributed by atoms with E-state index >= 15 is 0 Å². The van der Waals surface area contributed by atoms with Crippen molar-refractivity contribution in [1.82, 2.24) is 14.8 Å². The van der Waals surface area contributed by atoms with Gasteiger partial charge in [-0.25, -0.2) is 13.9 Å². The van der Waals surface area contributed by atoms with Crippen LogP contribution in [0.3, 0.4) is 0 Å². The minimum absolute atomic E-state index is 0.271. The van der Waals surface area contributed by atoms with Gasteiger partial charge in [0.2, 0.25) is 11.1 Å². The third-order valence-corrected chi connectivity index (χ3v) is 4.51. The molecule has 1 aromatic heterocycles. The summed E-state index contributed by atoms with van der Waals surface area (Å²) in [5, 5.41) is 8.26. The number of carbonyl (C=O) groups excluding carboxylic acids is 1. The molecule has 1 aliphatic rings. The first kappa shape index (κ1) is 17.5. The number of hydrogen-bond donors (Lipinski definition) is 1. The fraction of sp³-hybridized carbons (Fsp3) is 0.353. The number of allylic oxidation sites excluding steroid dienone is 1. The van der Waals surface area contributed by atoms with Gasteiger partial charge in [-0.15, -0.1) is 5.10 Å². The van der Waals surface area contributed by atoms with Crippen molar-refractivity contribution in [3.8, 4) is 0 Å². The number of ether oxygens (including phenoxy) is 1. The van der Waals surface area contributed by atoms with E-state index in [1.807, 2.05) is 6.92 Å². The number of esters is 1. The molecule has 6 nitrogen and oxygen atoms in total. The van der Waals surface area contributed by atoms with Crippen LogP contribution in [0.5, 0.6) is 0 Å². The van der Waals surface area contributed by atoms with E-state index in [2.05, 4.69) is 15.4 Å². The summed E-state index contributed by atoms with van der Waals surface area (Å²) < 4.78 is 20.2. The van der Waals surface area contributed by atoms with Crippen LogP contribution in [0.4, 0.5) is 10.3 Å². The molecule has 0 saturated heterocycles. The van der Waals surface area contributed by atoms with Gasteiger partial charge in [-0.3, -0.25) is 0 Å². The maximum absolute atomic E-state index is 13.4. The molecule has 8 heteroatoms. The number of carbonyl (C=O) groups is 1. The SMILES string of the molecule is CCOC(=O)C1=C(C)Nc2nc(SCC)nn2[C@@H]1c1ccc(F)cc1. The van der Waals surface area contributed by atoms with E-state index in [0.29, 0.717) is 22.4 Å². The average Bonchev–Trinajstić information content (AvgIpc) is 2.97. The van der Waals surface area contributed by atoms with Crippen LogP contribution >= 0.6 is 11.8 Å². The first-order chi connectivity index (χ1) is 12.0. The van der Waals surface area contributed by atoms with E-state index in [1.165, 1.54) is 23.9 Å². The summed E-state index contributed by atoms with van der Waals surface area (Å²) in [6.45, 7) is 5.84. The Morgan fingerprint density at radius 3 is 2.72 bits per heavy atom. The van der Waals surface area contributed by atoms with Crippen molar-refractivity contribution in [2.24, 2.45) is 0 Å². The fourth-order valence-electron chi connectivity index (χ4n) is 2.75. The topological polar surface area (TPSA) is 69.0 Å². The zero-order valence-electron chi connectivity index (χ0n) is 14.2. The molecule has 2 heterocycles. The van der Waals surface area contributed by atoms with Crippen molar-refractivity contribution >= 4 is 23.7 Å². The third-order valence-electron chi connectivity index (χ3n) is 3.79. The van der Waals surface area contributed by atoms with Crippen LogP contribution in [-0.2, 0) is 9.53 Å². The van der Waals surface area contributed by atoms with Crippen molar-refractivity contribution in [1.29, 1.82) is 0 Å². The van der Waals surface area contributed by atoms with Crippen molar-refractivity contribution in [3.05, 3.63) is 46.9 Å². The molecule has 2 aromatic rings. The largest absolute Gasteiger partial charge is 0.463 e. The lowest BCUT2D eigenvalue weighted by atomic mass is 9.96. The maximum Gasteiger partial charge on any atom is 0.338 e. The van der Waals surface area contributed by atoms with Gasteiger partial charge in [0.1, 0.15) is 11.9 Å². The number of nitrogens with zero attached hydrogens (tertiary/aromatic N) is 3. The highest BCUT2D eigenvalue weighted by atomic mass is 32.2. The number of halogens is 1. The van der Waals surface area contributed by atoms with Gasteiger partial charge < -0.3 is 10.1 Å². The van der Waals surface area contributed by atoms with E-state index < -0.39 is 12.0 Å². The zero-order chi connectivity index (χ0) is 18.0. The van der Waals surface area contributed by atoms with Crippen molar-refractivity contribution in [2.75, 3.05) is 17.7 Å². The number of benzene rings is 1. The number of rotatable bonds is 5. The van der Waals surface area contributed by atoms with Crippen LogP contribution in [0.2, 0.25) is 0 Å². The second-order valence-corrected chi connectivity index (χ2v) is 6.66. The lowest BCUT2D eigenvalue weighted by Gasteiger charge is -2.28. The second-order valence-electron chi connectivity index (χ2n) is 5.43. The summed E-state index contributed by atoms with van der Waals surface area (Å²) in [5.41, 5.74) is 1.84. The van der Waals surface area contributed by atoms with Gasteiger partial charge >= 0.3 is 5.97 Å². The first-order valence-electron chi connectivity index (χ1n) is 8.04. The molecule has 3 rings (SSSR count). The summed E-state index contributed by atoms with van der Waals surface area (Å²) in [6.07, 6.45) is 0. The number of thioether (sulfide) groups is 1. The summed E-state index contributed by atoms with van der Waals surface area (Å²) in [4.78, 5) is 17.0. The molecule has 0 bridgehead atoms. The number of anilines is 1. The normalized spacial score (nSPS) is 16.4. The highest BCUT2D eigenvalue weighted by Gasteiger charge is 2.35. The molecule has 0 spiro atoms. The minimum Gasteiger partial charge on any atom is -0.463 e. The molecular weight excluding hydrogens is 343 g/mol. The molecule has 25 heavy (non-hydrogen) atoms. The molecule has 0 aliphatic carbocycles. The van der Waals surface area contributed by atoms with Gasteiger partial charge in [-0.2, -0.15) is 4.98 Å². The van der Waals surface area contributed by atoms with Crippen LogP contribution in [0.25, 0.3) is 0 Å². The van der Waals surface area contributed by atoms with Gasteiger partial charge in [-0.05, 0) is 37.3 Å². The van der Waals surface area contributed by atoms with Gasteiger partial charge in [0, 0.05) is 5.70 Å². The number of fused-ring (bicyclic) bond motifs is 1. The Morgan fingerprint density at radius 2 is 2.08 bits per heavy atom. The van der Waals surface area contributed by atoms with E-state index in [-0.39, 0.29) is 12.4 Å². The fourth-order valence-corrected chi connectivity index (χ4v) is 3.30. The first-order valence-corrected chi connectivity index (χ1v) is 9.03. The molecule has 0 fully saturated rings. The molecule has 1 aliphatic heterocycles. The van der Waals surface area contributed by atoms with Gasteiger partial charge in [0.05, 0.1) is 12.2 Å². The molecule has 0 unspecified atom stereocenters. The Labute approximate surface area is 149 Å². The Morgan fingerprint density at radius 1 is 1.36 bits per heavy atom. The smallest absolute Gasteiger partial charge is 0.338 e. The maximum atomic E-state index is 13.4. The van der Waals surface area contributed by atoms with E-state index in [4.69, 9.17) is 4.74 Å². The van der Waals surface area contributed by atoms with Gasteiger partial charge in [0.15, 0.2) is 0 Å². The Balaban J connectivity index is 2.12. The average molecular weight is 362 g/mol. The van der Waals surface area contributed by atoms with Crippen LogP contribution in [-0.4, -0.2) is 33.1 Å². The molecule has 0 amide bonds. The van der Waals surface area contributed by atoms with E-state index in [9.17, 15) is 9.18 Å². The molecule has 132 valence electrons. The Hall–Kier alpha value is -2.35. The van der Waals surface area contributed by atoms with Gasteiger partial charge in [-0.1, -0.05) is 30.8 Å². The van der Waals surface area contributed by atoms with Crippen molar-refractivity contribution < 1.29 is 13.9 Å². The molecule has 1 N–H and O–H groups in total. The molecule has 0 saturated carbocycles.